The molecule has 1 nitrogen and oxygen atoms in total. The molecule has 0 unspecified atom stereocenters. The molecule has 0 saturated heterocycles. The van der Waals surface area contributed by atoms with Crippen LogP contribution >= 0.6 is 11.8 Å². The zero-order valence-corrected chi connectivity index (χ0v) is 14.3. The van der Waals surface area contributed by atoms with Gasteiger partial charge in [0, 0.05) is 27.9 Å². The zero-order valence-electron chi connectivity index (χ0n) is 13.5. The Labute approximate surface area is 137 Å². The summed E-state index contributed by atoms with van der Waals surface area (Å²) in [6, 6.07) is 17.4. The lowest BCUT2D eigenvalue weighted by atomic mass is 10.0. The second-order valence-corrected chi connectivity index (χ2v) is 7.33. The smallest absolute Gasteiger partial charge is 0.0462 e. The van der Waals surface area contributed by atoms with Gasteiger partial charge in [0.25, 0.3) is 0 Å². The molecule has 0 bridgehead atoms. The molecule has 0 radical (unpaired) electrons. The molecule has 3 aromatic rings. The van der Waals surface area contributed by atoms with Crippen LogP contribution in [0.5, 0.6) is 0 Å². The molecule has 1 heterocycles. The van der Waals surface area contributed by atoms with E-state index in [1.54, 1.807) is 0 Å². The second kappa shape index (κ2) is 6.62. The number of rotatable bonds is 5. The molecule has 1 aromatic heterocycles. The highest BCUT2D eigenvalue weighted by molar-refractivity contribution is 7.98. The van der Waals surface area contributed by atoms with E-state index < -0.39 is 0 Å². The Morgan fingerprint density at radius 1 is 1.05 bits per heavy atom. The van der Waals surface area contributed by atoms with E-state index >= 15 is 0 Å². The maximum absolute atomic E-state index is 3.64. The Hall–Kier alpha value is -1.67. The van der Waals surface area contributed by atoms with Crippen molar-refractivity contribution in [2.24, 2.45) is 5.92 Å². The topological polar surface area (TPSA) is 15.8 Å². The first-order valence-electron chi connectivity index (χ1n) is 7.89. The Morgan fingerprint density at radius 2 is 1.86 bits per heavy atom. The normalized spacial score (nSPS) is 11.5. The van der Waals surface area contributed by atoms with E-state index in [1.165, 1.54) is 39.0 Å². The van der Waals surface area contributed by atoms with E-state index in [1.807, 2.05) is 11.8 Å². The minimum atomic E-state index is 0.733. The van der Waals surface area contributed by atoms with Crippen LogP contribution in [-0.2, 0) is 5.75 Å². The van der Waals surface area contributed by atoms with E-state index in [9.17, 15) is 0 Å². The van der Waals surface area contributed by atoms with Crippen LogP contribution in [0.15, 0.2) is 48.5 Å². The molecule has 1 N–H and O–H groups in total. The number of nitrogens with one attached hydrogen (secondary N) is 1. The highest BCUT2D eigenvalue weighted by Crippen LogP contribution is 2.34. The lowest BCUT2D eigenvalue weighted by Crippen LogP contribution is -1.93. The minimum Gasteiger partial charge on any atom is -0.357 e. The third-order valence-corrected chi connectivity index (χ3v) is 5.18. The van der Waals surface area contributed by atoms with Crippen molar-refractivity contribution >= 4 is 22.7 Å². The Balaban J connectivity index is 2.05. The number of benzene rings is 2. The third kappa shape index (κ3) is 3.22. The van der Waals surface area contributed by atoms with E-state index in [4.69, 9.17) is 0 Å². The van der Waals surface area contributed by atoms with Gasteiger partial charge in [-0.1, -0.05) is 61.9 Å². The molecule has 3 rings (SSSR count). The van der Waals surface area contributed by atoms with Crippen molar-refractivity contribution in [2.75, 3.05) is 5.75 Å². The van der Waals surface area contributed by atoms with Crippen LogP contribution in [0.2, 0.25) is 0 Å². The molecule has 2 aromatic carbocycles. The molecule has 2 heteroatoms. The first kappa shape index (κ1) is 15.2. The van der Waals surface area contributed by atoms with Crippen molar-refractivity contribution in [3.8, 4) is 11.1 Å². The molecule has 114 valence electrons. The average Bonchev–Trinajstić information content (AvgIpc) is 2.85. The monoisotopic (exact) mass is 309 g/mol. The van der Waals surface area contributed by atoms with Gasteiger partial charge in [-0.3, -0.25) is 0 Å². The number of para-hydroxylation sites is 1. The van der Waals surface area contributed by atoms with Crippen molar-refractivity contribution in [3.63, 3.8) is 0 Å². The van der Waals surface area contributed by atoms with Crippen molar-refractivity contribution < 1.29 is 0 Å². The molecule has 0 fully saturated rings. The number of fused-ring (bicyclic) bond motifs is 1. The number of H-pyrrole nitrogens is 1. The quantitative estimate of drug-likeness (QED) is 0.608. The maximum Gasteiger partial charge on any atom is 0.0462 e. The van der Waals surface area contributed by atoms with Gasteiger partial charge in [-0.05, 0) is 30.2 Å². The number of hydrogen-bond acceptors (Lipinski definition) is 1. The summed E-state index contributed by atoms with van der Waals surface area (Å²) in [7, 11) is 0. The van der Waals surface area contributed by atoms with E-state index in [0.717, 1.165) is 11.7 Å². The predicted octanol–water partition coefficient (Wildman–Crippen LogP) is 6.03. The third-order valence-electron chi connectivity index (χ3n) is 3.79. The Kier molecular flexibility index (Phi) is 4.58. The molecule has 22 heavy (non-hydrogen) atoms. The van der Waals surface area contributed by atoms with Crippen LogP contribution in [0.25, 0.3) is 22.0 Å². The molecular weight excluding hydrogens is 286 g/mol. The molecule has 0 aliphatic rings. The molecular formula is C20H23NS. The highest BCUT2D eigenvalue weighted by Gasteiger charge is 2.13. The SMILES string of the molecule is Cc1cccc(-c2c(CSCC(C)C)[nH]c3ccccc23)c1. The maximum atomic E-state index is 3.64. The minimum absolute atomic E-state index is 0.733. The number of aromatic amines is 1. The summed E-state index contributed by atoms with van der Waals surface area (Å²) in [4.78, 5) is 3.64. The highest BCUT2D eigenvalue weighted by atomic mass is 32.2. The van der Waals surface area contributed by atoms with E-state index in [-0.39, 0.29) is 0 Å². The summed E-state index contributed by atoms with van der Waals surface area (Å²) >= 11 is 2.01. The van der Waals surface area contributed by atoms with Crippen LogP contribution in [0.4, 0.5) is 0 Å². The van der Waals surface area contributed by atoms with E-state index in [2.05, 4.69) is 74.3 Å². The second-order valence-electron chi connectivity index (χ2n) is 6.30. The van der Waals surface area contributed by atoms with Gasteiger partial charge in [-0.2, -0.15) is 11.8 Å². The zero-order chi connectivity index (χ0) is 15.5. The fourth-order valence-corrected chi connectivity index (χ4v) is 3.84. The summed E-state index contributed by atoms with van der Waals surface area (Å²) < 4.78 is 0. The number of aromatic nitrogens is 1. The van der Waals surface area contributed by atoms with Crippen molar-refractivity contribution in [3.05, 3.63) is 59.8 Å². The standard InChI is InChI=1S/C20H23NS/c1-14(2)12-22-13-19-20(16-8-6-7-15(3)11-16)17-9-4-5-10-18(17)21-19/h4-11,14,21H,12-13H2,1-3H3. The summed E-state index contributed by atoms with van der Waals surface area (Å²) in [5.74, 6) is 2.97. The van der Waals surface area contributed by atoms with Gasteiger partial charge in [0.1, 0.15) is 0 Å². The summed E-state index contributed by atoms with van der Waals surface area (Å²) in [5.41, 5.74) is 6.58. The Morgan fingerprint density at radius 3 is 2.64 bits per heavy atom. The first-order valence-corrected chi connectivity index (χ1v) is 9.05. The molecule has 0 aliphatic heterocycles. The van der Waals surface area contributed by atoms with Crippen LogP contribution in [0.1, 0.15) is 25.1 Å². The summed E-state index contributed by atoms with van der Waals surface area (Å²) in [6.45, 7) is 6.71. The number of aryl methyl sites for hydroxylation is 1. The van der Waals surface area contributed by atoms with E-state index in [0.29, 0.717) is 0 Å². The predicted molar refractivity (Wildman–Crippen MR) is 99.5 cm³/mol. The van der Waals surface area contributed by atoms with Crippen LogP contribution < -0.4 is 0 Å². The van der Waals surface area contributed by atoms with Crippen LogP contribution in [0.3, 0.4) is 0 Å². The van der Waals surface area contributed by atoms with Gasteiger partial charge >= 0.3 is 0 Å². The summed E-state index contributed by atoms with van der Waals surface area (Å²) in [5, 5.41) is 1.33. The molecule has 0 amide bonds. The molecule has 0 atom stereocenters. The number of thioether (sulfide) groups is 1. The molecule has 0 saturated carbocycles. The summed E-state index contributed by atoms with van der Waals surface area (Å²) in [6.07, 6.45) is 0. The van der Waals surface area contributed by atoms with Gasteiger partial charge in [0.15, 0.2) is 0 Å². The Bertz CT molecular complexity index is 770. The van der Waals surface area contributed by atoms with Gasteiger partial charge < -0.3 is 4.98 Å². The van der Waals surface area contributed by atoms with Gasteiger partial charge in [-0.15, -0.1) is 0 Å². The van der Waals surface area contributed by atoms with Gasteiger partial charge in [-0.25, -0.2) is 0 Å². The van der Waals surface area contributed by atoms with Crippen LogP contribution in [-0.4, -0.2) is 10.7 Å². The largest absolute Gasteiger partial charge is 0.357 e. The fourth-order valence-electron chi connectivity index (χ4n) is 2.83. The number of hydrogen-bond donors (Lipinski definition) is 1. The van der Waals surface area contributed by atoms with Crippen molar-refractivity contribution in [2.45, 2.75) is 26.5 Å². The van der Waals surface area contributed by atoms with Gasteiger partial charge in [0.2, 0.25) is 0 Å². The fraction of sp³-hybridized carbons (Fsp3) is 0.300. The van der Waals surface area contributed by atoms with Gasteiger partial charge in [0.05, 0.1) is 0 Å². The molecule has 0 aliphatic carbocycles. The lowest BCUT2D eigenvalue weighted by Gasteiger charge is -2.08. The molecule has 0 spiro atoms. The average molecular weight is 309 g/mol. The van der Waals surface area contributed by atoms with Crippen molar-refractivity contribution in [1.82, 2.24) is 4.98 Å². The lowest BCUT2D eigenvalue weighted by molar-refractivity contribution is 0.750. The van der Waals surface area contributed by atoms with Crippen LogP contribution in [0, 0.1) is 12.8 Å². The first-order chi connectivity index (χ1) is 10.6. The van der Waals surface area contributed by atoms with Crippen molar-refractivity contribution in [1.29, 1.82) is 0 Å².